The fourth-order valence-electron chi connectivity index (χ4n) is 3.25. The zero-order valence-electron chi connectivity index (χ0n) is 18.1. The van der Waals surface area contributed by atoms with Crippen molar-refractivity contribution in [3.05, 3.63) is 76.9 Å². The summed E-state index contributed by atoms with van der Waals surface area (Å²) in [6.45, 7) is 6.47. The molecule has 156 valence electrons. The first-order valence-electron chi connectivity index (χ1n) is 9.77. The highest BCUT2D eigenvalue weighted by Crippen LogP contribution is 2.32. The number of hydrogen-bond acceptors (Lipinski definition) is 6. The maximum absolute atomic E-state index is 8.36. The average Bonchev–Trinajstić information content (AvgIpc) is 2.72. The maximum Gasteiger partial charge on any atom is 0.161 e. The SMILES string of the molecule is COc1ccc(/C(C(C)=N)=C2\N=C(C)C=C(NCc3ccc(C)cc3)N2)cc1OC. The molecular weight excluding hydrogens is 376 g/mol. The first-order valence-corrected chi connectivity index (χ1v) is 9.77. The molecule has 1 aliphatic heterocycles. The van der Waals surface area contributed by atoms with Crippen LogP contribution in [0.4, 0.5) is 0 Å². The predicted molar refractivity (Wildman–Crippen MR) is 122 cm³/mol. The molecule has 0 fully saturated rings. The highest BCUT2D eigenvalue weighted by atomic mass is 16.5. The molecule has 0 saturated heterocycles. The van der Waals surface area contributed by atoms with Gasteiger partial charge in [-0.1, -0.05) is 35.9 Å². The Balaban J connectivity index is 1.90. The Morgan fingerprint density at radius 2 is 1.73 bits per heavy atom. The van der Waals surface area contributed by atoms with Crippen molar-refractivity contribution in [1.82, 2.24) is 10.6 Å². The number of methoxy groups -OCH3 is 2. The fraction of sp³-hybridized carbons (Fsp3) is 0.250. The van der Waals surface area contributed by atoms with Crippen molar-refractivity contribution in [2.24, 2.45) is 4.99 Å². The van der Waals surface area contributed by atoms with Crippen LogP contribution in [0.15, 0.2) is 65.2 Å². The molecule has 6 heteroatoms. The molecule has 3 rings (SSSR count). The highest BCUT2D eigenvalue weighted by Gasteiger charge is 2.18. The minimum Gasteiger partial charge on any atom is -0.493 e. The van der Waals surface area contributed by atoms with E-state index in [2.05, 4.69) is 46.8 Å². The molecule has 0 aliphatic carbocycles. The lowest BCUT2D eigenvalue weighted by atomic mass is 10.0. The molecule has 0 unspecified atom stereocenters. The monoisotopic (exact) mass is 404 g/mol. The second kappa shape index (κ2) is 9.31. The Labute approximate surface area is 177 Å². The number of nitrogens with zero attached hydrogens (tertiary/aromatic N) is 1. The summed E-state index contributed by atoms with van der Waals surface area (Å²) in [7, 11) is 3.20. The number of aryl methyl sites for hydroxylation is 1. The zero-order chi connectivity index (χ0) is 21.7. The van der Waals surface area contributed by atoms with Crippen molar-refractivity contribution in [2.45, 2.75) is 27.3 Å². The minimum atomic E-state index is 0.404. The van der Waals surface area contributed by atoms with Crippen LogP contribution >= 0.6 is 0 Å². The van der Waals surface area contributed by atoms with Gasteiger partial charge in [0.25, 0.3) is 0 Å². The molecule has 1 aliphatic rings. The van der Waals surface area contributed by atoms with E-state index in [-0.39, 0.29) is 0 Å². The lowest BCUT2D eigenvalue weighted by Gasteiger charge is -2.21. The van der Waals surface area contributed by atoms with Gasteiger partial charge in [0.15, 0.2) is 11.5 Å². The van der Waals surface area contributed by atoms with Gasteiger partial charge < -0.3 is 25.5 Å². The normalized spacial score (nSPS) is 14.8. The summed E-state index contributed by atoms with van der Waals surface area (Å²) >= 11 is 0. The van der Waals surface area contributed by atoms with Crippen LogP contribution in [-0.2, 0) is 6.54 Å². The summed E-state index contributed by atoms with van der Waals surface area (Å²) in [5.41, 5.74) is 5.23. The Morgan fingerprint density at radius 1 is 1.03 bits per heavy atom. The van der Waals surface area contributed by atoms with Gasteiger partial charge in [-0.15, -0.1) is 0 Å². The van der Waals surface area contributed by atoms with E-state index in [0.29, 0.717) is 35.1 Å². The molecule has 0 radical (unpaired) electrons. The third-order valence-electron chi connectivity index (χ3n) is 4.78. The van der Waals surface area contributed by atoms with Crippen molar-refractivity contribution >= 4 is 17.0 Å². The number of aliphatic imine (C=N–C) groups is 1. The predicted octanol–water partition coefficient (Wildman–Crippen LogP) is 4.42. The van der Waals surface area contributed by atoms with E-state index in [9.17, 15) is 0 Å². The summed E-state index contributed by atoms with van der Waals surface area (Å²) in [6, 6.07) is 14.0. The van der Waals surface area contributed by atoms with Crippen molar-refractivity contribution in [2.75, 3.05) is 14.2 Å². The van der Waals surface area contributed by atoms with Crippen LogP contribution in [0.1, 0.15) is 30.5 Å². The Hall–Kier alpha value is -3.54. The van der Waals surface area contributed by atoms with Crippen molar-refractivity contribution in [1.29, 1.82) is 5.41 Å². The molecular formula is C24H28N4O2. The van der Waals surface area contributed by atoms with Gasteiger partial charge in [-0.3, -0.25) is 0 Å². The van der Waals surface area contributed by atoms with Gasteiger partial charge >= 0.3 is 0 Å². The third kappa shape index (κ3) is 4.89. The highest BCUT2D eigenvalue weighted by molar-refractivity contribution is 6.22. The molecule has 1 heterocycles. The lowest BCUT2D eigenvalue weighted by Crippen LogP contribution is -2.30. The van der Waals surface area contributed by atoms with E-state index < -0.39 is 0 Å². The van der Waals surface area contributed by atoms with Crippen LogP contribution in [0.2, 0.25) is 0 Å². The smallest absolute Gasteiger partial charge is 0.161 e. The molecule has 0 amide bonds. The van der Waals surface area contributed by atoms with Gasteiger partial charge in [0, 0.05) is 23.5 Å². The molecule has 6 nitrogen and oxygen atoms in total. The number of hydrogen-bond donors (Lipinski definition) is 3. The van der Waals surface area contributed by atoms with Crippen LogP contribution in [0, 0.1) is 12.3 Å². The van der Waals surface area contributed by atoms with Gasteiger partial charge in [0.1, 0.15) is 11.6 Å². The standard InChI is InChI=1S/C24H28N4O2/c1-15-6-8-18(9-7-15)14-26-22-12-16(2)27-24(28-22)23(17(3)25)19-10-11-20(29-4)21(13-19)30-5/h6-13,25-26,28H,14H2,1-5H3/b24-23+,25-17?. The molecule has 3 N–H and O–H groups in total. The van der Waals surface area contributed by atoms with E-state index in [1.807, 2.05) is 31.2 Å². The Morgan fingerprint density at radius 3 is 2.37 bits per heavy atom. The second-order valence-corrected chi connectivity index (χ2v) is 7.19. The second-order valence-electron chi connectivity index (χ2n) is 7.19. The van der Waals surface area contributed by atoms with Crippen LogP contribution < -0.4 is 20.1 Å². The van der Waals surface area contributed by atoms with Crippen LogP contribution in [0.25, 0.3) is 5.57 Å². The summed E-state index contributed by atoms with van der Waals surface area (Å²) in [4.78, 5) is 4.65. The summed E-state index contributed by atoms with van der Waals surface area (Å²) in [6.07, 6.45) is 1.96. The largest absolute Gasteiger partial charge is 0.493 e. The van der Waals surface area contributed by atoms with Crippen LogP contribution in [-0.4, -0.2) is 25.6 Å². The van der Waals surface area contributed by atoms with Gasteiger partial charge in [-0.2, -0.15) is 0 Å². The summed E-state index contributed by atoms with van der Waals surface area (Å²) < 4.78 is 10.8. The Bertz CT molecular complexity index is 1030. The van der Waals surface area contributed by atoms with E-state index >= 15 is 0 Å². The average molecular weight is 405 g/mol. The van der Waals surface area contributed by atoms with Crippen LogP contribution in [0.5, 0.6) is 11.5 Å². The van der Waals surface area contributed by atoms with Crippen LogP contribution in [0.3, 0.4) is 0 Å². The number of benzene rings is 2. The maximum atomic E-state index is 8.36. The number of ether oxygens (including phenoxy) is 2. The lowest BCUT2D eigenvalue weighted by molar-refractivity contribution is 0.355. The van der Waals surface area contributed by atoms with E-state index in [1.165, 1.54) is 11.1 Å². The molecule has 0 aromatic heterocycles. The topological polar surface area (TPSA) is 78.7 Å². The first-order chi connectivity index (χ1) is 14.4. The molecule has 0 spiro atoms. The van der Waals surface area contributed by atoms with E-state index in [4.69, 9.17) is 14.9 Å². The summed E-state index contributed by atoms with van der Waals surface area (Å²) in [5.74, 6) is 2.72. The van der Waals surface area contributed by atoms with E-state index in [0.717, 1.165) is 17.1 Å². The third-order valence-corrected chi connectivity index (χ3v) is 4.78. The van der Waals surface area contributed by atoms with Gasteiger partial charge in [0.05, 0.1) is 14.2 Å². The van der Waals surface area contributed by atoms with Crippen molar-refractivity contribution in [3.63, 3.8) is 0 Å². The van der Waals surface area contributed by atoms with E-state index in [1.54, 1.807) is 21.1 Å². The van der Waals surface area contributed by atoms with Gasteiger partial charge in [-0.05, 0) is 50.1 Å². The van der Waals surface area contributed by atoms with Gasteiger partial charge in [-0.25, -0.2) is 4.99 Å². The number of rotatable bonds is 7. The minimum absolute atomic E-state index is 0.404. The number of nitrogens with one attached hydrogen (secondary N) is 3. The quantitative estimate of drug-likeness (QED) is 0.597. The van der Waals surface area contributed by atoms with Crippen molar-refractivity contribution in [3.8, 4) is 11.5 Å². The molecule has 0 atom stereocenters. The molecule has 0 bridgehead atoms. The molecule has 0 saturated carbocycles. The summed E-state index contributed by atoms with van der Waals surface area (Å²) in [5, 5.41) is 15.1. The van der Waals surface area contributed by atoms with Crippen molar-refractivity contribution < 1.29 is 9.47 Å². The van der Waals surface area contributed by atoms with Gasteiger partial charge in [0.2, 0.25) is 0 Å². The zero-order valence-corrected chi connectivity index (χ0v) is 18.1. The Kier molecular flexibility index (Phi) is 6.57. The first kappa shape index (κ1) is 21.2. The molecule has 2 aromatic rings. The molecule has 2 aromatic carbocycles. The molecule has 30 heavy (non-hydrogen) atoms. The number of allylic oxidation sites excluding steroid dienone is 2. The fourth-order valence-corrected chi connectivity index (χ4v) is 3.25.